The van der Waals surface area contributed by atoms with Crippen LogP contribution in [0.25, 0.3) is 0 Å². The summed E-state index contributed by atoms with van der Waals surface area (Å²) in [7, 11) is -0.498. The molecule has 0 amide bonds. The Morgan fingerprint density at radius 2 is 1.11 bits per heavy atom. The molecule has 0 spiro atoms. The third-order valence-corrected chi connectivity index (χ3v) is 6.80. The monoisotopic (exact) mass is 372 g/mol. The van der Waals surface area contributed by atoms with Crippen LogP contribution in [-0.4, -0.2) is 36.6 Å². The van der Waals surface area contributed by atoms with Crippen LogP contribution in [0.1, 0.15) is 67.9 Å². The van der Waals surface area contributed by atoms with E-state index >= 15 is 0 Å². The molecule has 0 N–H and O–H groups in total. The summed E-state index contributed by atoms with van der Waals surface area (Å²) in [5.41, 5.74) is 1.11. The highest BCUT2D eigenvalue weighted by molar-refractivity contribution is 6.62. The van der Waals surface area contributed by atoms with E-state index in [-0.39, 0.29) is 42.5 Å². The molecule has 4 nitrogen and oxygen atoms in total. The summed E-state index contributed by atoms with van der Waals surface area (Å²) in [5, 5.41) is 0. The second-order valence-corrected chi connectivity index (χ2v) is 10.1. The predicted molar refractivity (Wildman–Crippen MR) is 111 cm³/mol. The van der Waals surface area contributed by atoms with Gasteiger partial charge in [0.15, 0.2) is 0 Å². The molecule has 2 aliphatic heterocycles. The van der Waals surface area contributed by atoms with Gasteiger partial charge in [0, 0.05) is 0 Å². The van der Waals surface area contributed by atoms with Crippen LogP contribution < -0.4 is 5.46 Å². The first-order chi connectivity index (χ1) is 12.2. The fourth-order valence-corrected chi connectivity index (χ4v) is 3.38. The van der Waals surface area contributed by atoms with Crippen LogP contribution in [0.4, 0.5) is 0 Å². The van der Waals surface area contributed by atoms with Crippen molar-refractivity contribution in [2.45, 2.75) is 97.0 Å². The van der Waals surface area contributed by atoms with Gasteiger partial charge in [0.2, 0.25) is 0 Å². The maximum Gasteiger partial charge on any atom is 0.494 e. The van der Waals surface area contributed by atoms with E-state index in [1.807, 2.05) is 0 Å². The van der Waals surface area contributed by atoms with Crippen molar-refractivity contribution >= 4 is 19.7 Å². The molecule has 27 heavy (non-hydrogen) atoms. The second kappa shape index (κ2) is 6.62. The summed E-state index contributed by atoms with van der Waals surface area (Å²) in [6, 6.07) is 8.52. The molecule has 0 bridgehead atoms. The lowest BCUT2D eigenvalue weighted by atomic mass is 9.69. The zero-order chi connectivity index (χ0) is 20.3. The maximum atomic E-state index is 6.19. The predicted octanol–water partition coefficient (Wildman–Crippen LogP) is 4.01. The van der Waals surface area contributed by atoms with Crippen LogP contribution >= 0.6 is 0 Å². The fourth-order valence-electron chi connectivity index (χ4n) is 3.38. The van der Waals surface area contributed by atoms with Crippen molar-refractivity contribution in [2.75, 3.05) is 0 Å². The highest BCUT2D eigenvalue weighted by Gasteiger charge is 2.53. The SMILES string of the molecule is CC(Cc1ccc(B2OC(C)(C)C(C)(C)O2)cc1)B1OC(C)(C)C(C)(C)O1. The van der Waals surface area contributed by atoms with E-state index in [4.69, 9.17) is 18.6 Å². The molecule has 0 aliphatic carbocycles. The molecule has 1 aromatic carbocycles. The fraction of sp³-hybridized carbons (Fsp3) is 0.714. The van der Waals surface area contributed by atoms with E-state index in [0.29, 0.717) is 0 Å². The number of benzene rings is 1. The Morgan fingerprint density at radius 1 is 0.704 bits per heavy atom. The first-order valence-corrected chi connectivity index (χ1v) is 10.0. The molecule has 1 aromatic rings. The van der Waals surface area contributed by atoms with Crippen LogP contribution in [0.15, 0.2) is 24.3 Å². The molecule has 2 fully saturated rings. The molecule has 2 aliphatic rings. The first kappa shape index (κ1) is 20.9. The summed E-state index contributed by atoms with van der Waals surface area (Å²) < 4.78 is 24.6. The molecular formula is C21H34B2O4. The Kier molecular flexibility index (Phi) is 5.13. The van der Waals surface area contributed by atoms with Gasteiger partial charge in [-0.2, -0.15) is 0 Å². The number of rotatable bonds is 4. The van der Waals surface area contributed by atoms with E-state index in [9.17, 15) is 0 Å². The van der Waals surface area contributed by atoms with Gasteiger partial charge in [-0.25, -0.2) is 0 Å². The number of hydrogen-bond donors (Lipinski definition) is 0. The van der Waals surface area contributed by atoms with Gasteiger partial charge in [-0.05, 0) is 78.7 Å². The quantitative estimate of drug-likeness (QED) is 0.749. The third-order valence-electron chi connectivity index (χ3n) is 6.80. The Bertz CT molecular complexity index is 650. The van der Waals surface area contributed by atoms with Crippen LogP contribution in [0.3, 0.4) is 0 Å². The van der Waals surface area contributed by atoms with Crippen LogP contribution in [0.2, 0.25) is 5.82 Å². The maximum absolute atomic E-state index is 6.19. The molecule has 148 valence electrons. The Morgan fingerprint density at radius 3 is 1.56 bits per heavy atom. The van der Waals surface area contributed by atoms with E-state index < -0.39 is 0 Å². The third kappa shape index (κ3) is 3.87. The molecule has 0 aromatic heterocycles. The van der Waals surface area contributed by atoms with Crippen LogP contribution in [0, 0.1) is 0 Å². The minimum atomic E-state index is -0.318. The van der Waals surface area contributed by atoms with Crippen molar-refractivity contribution < 1.29 is 18.6 Å². The molecular weight excluding hydrogens is 338 g/mol. The topological polar surface area (TPSA) is 36.9 Å². The van der Waals surface area contributed by atoms with Crippen molar-refractivity contribution in [1.82, 2.24) is 0 Å². The van der Waals surface area contributed by atoms with Crippen LogP contribution in [-0.2, 0) is 25.0 Å². The van der Waals surface area contributed by atoms with Gasteiger partial charge in [-0.3, -0.25) is 0 Å². The molecule has 1 unspecified atom stereocenters. The zero-order valence-electron chi connectivity index (χ0n) is 18.4. The molecule has 0 radical (unpaired) electrons. The molecule has 2 saturated heterocycles. The van der Waals surface area contributed by atoms with E-state index in [1.165, 1.54) is 5.56 Å². The lowest BCUT2D eigenvalue weighted by Gasteiger charge is -2.32. The highest BCUT2D eigenvalue weighted by Crippen LogP contribution is 2.40. The Labute approximate surface area is 165 Å². The standard InChI is InChI=1S/C21H34B2O4/c1-15(22-24-18(2,3)19(4,5)25-22)14-16-10-12-17(13-11-16)23-26-20(6,7)21(8,9)27-23/h10-13,15H,14H2,1-9H3. The normalized spacial score (nSPS) is 26.4. The molecule has 2 heterocycles. The lowest BCUT2D eigenvalue weighted by molar-refractivity contribution is 0.00578. The van der Waals surface area contributed by atoms with Gasteiger partial charge in [0.25, 0.3) is 0 Å². The van der Waals surface area contributed by atoms with Gasteiger partial charge < -0.3 is 18.6 Å². The van der Waals surface area contributed by atoms with E-state index in [0.717, 1.165) is 11.9 Å². The Hall–Kier alpha value is -0.810. The summed E-state index contributed by atoms with van der Waals surface area (Å²) in [5.74, 6) is 0.272. The van der Waals surface area contributed by atoms with Gasteiger partial charge in [0.05, 0.1) is 22.4 Å². The number of hydrogen-bond acceptors (Lipinski definition) is 4. The van der Waals surface area contributed by atoms with Crippen molar-refractivity contribution in [1.29, 1.82) is 0 Å². The van der Waals surface area contributed by atoms with Gasteiger partial charge in [0.1, 0.15) is 0 Å². The molecule has 3 rings (SSSR count). The lowest BCUT2D eigenvalue weighted by Crippen LogP contribution is -2.41. The summed E-state index contributed by atoms with van der Waals surface area (Å²) in [6.07, 6.45) is 0.903. The van der Waals surface area contributed by atoms with Crippen molar-refractivity contribution in [3.8, 4) is 0 Å². The van der Waals surface area contributed by atoms with Gasteiger partial charge >= 0.3 is 14.2 Å². The van der Waals surface area contributed by atoms with Gasteiger partial charge in [-0.1, -0.05) is 31.2 Å². The Balaban J connectivity index is 1.64. The van der Waals surface area contributed by atoms with Crippen LogP contribution in [0.5, 0.6) is 0 Å². The highest BCUT2D eigenvalue weighted by atomic mass is 16.7. The first-order valence-electron chi connectivity index (χ1n) is 10.0. The van der Waals surface area contributed by atoms with Crippen molar-refractivity contribution in [3.05, 3.63) is 29.8 Å². The molecule has 0 saturated carbocycles. The van der Waals surface area contributed by atoms with E-state index in [2.05, 4.69) is 86.6 Å². The van der Waals surface area contributed by atoms with E-state index in [1.54, 1.807) is 0 Å². The smallest absolute Gasteiger partial charge is 0.403 e. The molecule has 1 atom stereocenters. The minimum absolute atomic E-state index is 0.183. The summed E-state index contributed by atoms with van der Waals surface area (Å²) in [6.45, 7) is 18.9. The van der Waals surface area contributed by atoms with Crippen molar-refractivity contribution in [2.24, 2.45) is 0 Å². The summed E-state index contributed by atoms with van der Waals surface area (Å²) in [4.78, 5) is 0. The largest absolute Gasteiger partial charge is 0.494 e. The summed E-state index contributed by atoms with van der Waals surface area (Å²) >= 11 is 0. The average molecular weight is 372 g/mol. The van der Waals surface area contributed by atoms with Gasteiger partial charge in [-0.15, -0.1) is 0 Å². The molecule has 6 heteroatoms. The average Bonchev–Trinajstić information content (AvgIpc) is 2.88. The zero-order valence-corrected chi connectivity index (χ0v) is 18.4. The second-order valence-electron chi connectivity index (χ2n) is 10.1. The van der Waals surface area contributed by atoms with Crippen molar-refractivity contribution in [3.63, 3.8) is 0 Å². The minimum Gasteiger partial charge on any atom is -0.403 e.